The Labute approximate surface area is 375 Å². The summed E-state index contributed by atoms with van der Waals surface area (Å²) < 4.78 is 46.7. The van der Waals surface area contributed by atoms with Gasteiger partial charge >= 0.3 is 108 Å². The minimum atomic E-state index is -4.99. The van der Waals surface area contributed by atoms with Gasteiger partial charge in [-0.1, -0.05) is 12.1 Å². The Bertz CT molecular complexity index is 1910. The number of aromatic nitrogens is 6. The number of nitrogens with zero attached hydrogens (tertiary/aromatic N) is 5. The summed E-state index contributed by atoms with van der Waals surface area (Å²) in [5.41, 5.74) is -0.587. The van der Waals surface area contributed by atoms with Crippen LogP contribution in [0.4, 0.5) is 46.8 Å². The van der Waals surface area contributed by atoms with Crippen LogP contribution in [0.25, 0.3) is 0 Å². The summed E-state index contributed by atoms with van der Waals surface area (Å²) in [4.78, 5) is 45.6. The maximum atomic E-state index is 12.0. The monoisotopic (exact) mass is 779 g/mol. The molecular formula is C27H31K2N11O10S. The maximum Gasteiger partial charge on any atom is 1.00 e. The number of aromatic carboxylic acids is 1. The van der Waals surface area contributed by atoms with Crippen molar-refractivity contribution in [3.63, 3.8) is 0 Å². The number of carboxylic acids is 1. The van der Waals surface area contributed by atoms with Crippen molar-refractivity contribution in [3.05, 3.63) is 58.5 Å². The van der Waals surface area contributed by atoms with Gasteiger partial charge in [-0.05, 0) is 35.9 Å². The van der Waals surface area contributed by atoms with Gasteiger partial charge in [-0.15, -0.1) is 0 Å². The number of nitrogens with one attached hydrogen (secondary N) is 6. The van der Waals surface area contributed by atoms with Crippen LogP contribution >= 0.6 is 0 Å². The van der Waals surface area contributed by atoms with Crippen molar-refractivity contribution < 1.29 is 145 Å². The van der Waals surface area contributed by atoms with Gasteiger partial charge < -0.3 is 60.7 Å². The number of ether oxygens (including phenoxy) is 2. The zero-order valence-electron chi connectivity index (χ0n) is 27.5. The van der Waals surface area contributed by atoms with Gasteiger partial charge in [0, 0.05) is 30.2 Å². The van der Waals surface area contributed by atoms with Crippen LogP contribution in [0.3, 0.4) is 0 Å². The number of rotatable bonds is 20. The van der Waals surface area contributed by atoms with Gasteiger partial charge in [-0.25, -0.2) is 13.2 Å². The van der Waals surface area contributed by atoms with Crippen molar-refractivity contribution in [1.29, 1.82) is 0 Å². The number of aliphatic hydroxyl groups excluding tert-OH is 2. The van der Waals surface area contributed by atoms with E-state index in [0.717, 1.165) is 12.1 Å². The summed E-state index contributed by atoms with van der Waals surface area (Å²) >= 11 is 0. The van der Waals surface area contributed by atoms with E-state index >= 15 is 0 Å². The number of carbonyl (C=O) groups excluding carboxylic acids is 1. The van der Waals surface area contributed by atoms with Crippen molar-refractivity contribution in [1.82, 2.24) is 29.9 Å². The van der Waals surface area contributed by atoms with Gasteiger partial charge in [0.1, 0.15) is 10.1 Å². The fraction of sp³-hybridized carbons (Fsp3) is 0.296. The molecule has 2 heterocycles. The van der Waals surface area contributed by atoms with Crippen LogP contribution in [0.15, 0.2) is 52.2 Å². The first-order valence-electron chi connectivity index (χ1n) is 14.4. The molecule has 262 valence electrons. The Balaban J connectivity index is 0.00000451. The predicted octanol–water partition coefficient (Wildman–Crippen LogP) is -7.30. The number of hydrogen-bond acceptors (Lipinski definition) is 20. The van der Waals surface area contributed by atoms with E-state index in [1.807, 2.05) is 0 Å². The second-order valence-corrected chi connectivity index (χ2v) is 11.0. The zero-order valence-corrected chi connectivity index (χ0v) is 34.6. The van der Waals surface area contributed by atoms with Crippen LogP contribution in [-0.2, 0) is 19.6 Å². The minimum absolute atomic E-state index is 0. The molecule has 0 spiro atoms. The first-order valence-corrected chi connectivity index (χ1v) is 15.8. The van der Waals surface area contributed by atoms with Crippen molar-refractivity contribution in [2.75, 3.05) is 79.3 Å². The van der Waals surface area contributed by atoms with Gasteiger partial charge in [0.2, 0.25) is 29.7 Å². The van der Waals surface area contributed by atoms with Crippen LogP contribution in [0.2, 0.25) is 0 Å². The van der Waals surface area contributed by atoms with Crippen LogP contribution in [-0.4, -0.2) is 112 Å². The number of aromatic amines is 1. The van der Waals surface area contributed by atoms with Gasteiger partial charge in [0.05, 0.1) is 50.5 Å². The third-order valence-corrected chi connectivity index (χ3v) is 6.70. The molecule has 0 aliphatic heterocycles. The summed E-state index contributed by atoms with van der Waals surface area (Å²) in [7, 11) is -4.99. The molecule has 0 aliphatic carbocycles. The van der Waals surface area contributed by atoms with E-state index in [-0.39, 0.29) is 202 Å². The third kappa shape index (κ3) is 15.7. The van der Waals surface area contributed by atoms with Crippen LogP contribution in [0, 0.1) is 0 Å². The molecule has 51 heavy (non-hydrogen) atoms. The number of hydrogen-bond donors (Lipinski definition) is 8. The summed E-state index contributed by atoms with van der Waals surface area (Å²) in [6.07, 6.45) is 0. The molecule has 4 rings (SSSR count). The maximum absolute atomic E-state index is 12.0. The van der Waals surface area contributed by atoms with E-state index < -0.39 is 26.7 Å². The average Bonchev–Trinajstić information content (AvgIpc) is 3.04. The molecule has 4 aromatic rings. The number of aliphatic hydroxyl groups is 2. The molecular weight excluding hydrogens is 749 g/mol. The van der Waals surface area contributed by atoms with Crippen molar-refractivity contribution in [2.45, 2.75) is 4.90 Å². The van der Waals surface area contributed by atoms with Crippen LogP contribution < -0.4 is 140 Å². The summed E-state index contributed by atoms with van der Waals surface area (Å²) in [5.74, 6) is -1.84. The summed E-state index contributed by atoms with van der Waals surface area (Å²) in [5, 5.41) is 43.1. The van der Waals surface area contributed by atoms with Crippen molar-refractivity contribution in [2.24, 2.45) is 0 Å². The molecule has 0 radical (unpaired) electrons. The Morgan fingerprint density at radius 3 is 2.00 bits per heavy atom. The van der Waals surface area contributed by atoms with Crippen LogP contribution in [0.1, 0.15) is 10.4 Å². The summed E-state index contributed by atoms with van der Waals surface area (Å²) in [6, 6.07) is 9.10. The van der Waals surface area contributed by atoms with Crippen LogP contribution in [0.5, 0.6) is 0 Å². The van der Waals surface area contributed by atoms with Crippen molar-refractivity contribution >= 4 is 62.9 Å². The molecule has 8 N–H and O–H groups in total. The zero-order chi connectivity index (χ0) is 35.2. The smallest absolute Gasteiger partial charge is 0.744 e. The summed E-state index contributed by atoms with van der Waals surface area (Å²) in [6.45, 7) is 0.875. The van der Waals surface area contributed by atoms with Crippen molar-refractivity contribution in [3.8, 4) is 0 Å². The molecule has 0 aliphatic rings. The number of H-pyrrole nitrogens is 1. The molecule has 24 heteroatoms. The van der Waals surface area contributed by atoms with E-state index in [1.165, 1.54) is 24.3 Å². The SMILES string of the molecule is O=C([O-])c1cccc(Nc2nc(NCCOCCOCCO)nc(Nc3cc(Nc4nc(NCCO)nc(=O)[nH]4)cc(S(=O)(=O)[O-])c3)n2)c1.[K+].[K+]. The normalized spacial score (nSPS) is 10.7. The molecule has 0 unspecified atom stereocenters. The molecule has 0 fully saturated rings. The predicted molar refractivity (Wildman–Crippen MR) is 170 cm³/mol. The largest absolute Gasteiger partial charge is 1.00 e. The fourth-order valence-corrected chi connectivity index (χ4v) is 4.43. The third-order valence-electron chi connectivity index (χ3n) is 5.89. The molecule has 0 amide bonds. The topological polar surface area (TPSA) is 314 Å². The van der Waals surface area contributed by atoms with E-state index in [4.69, 9.17) is 19.7 Å². The second kappa shape index (κ2) is 22.7. The Hall–Kier alpha value is -2.25. The second-order valence-electron chi connectivity index (χ2n) is 9.60. The van der Waals surface area contributed by atoms with E-state index in [9.17, 15) is 27.7 Å². The number of carbonyl (C=O) groups is 1. The van der Waals surface area contributed by atoms with E-state index in [1.54, 1.807) is 6.07 Å². The van der Waals surface area contributed by atoms with Gasteiger partial charge in [0.25, 0.3) is 0 Å². The fourth-order valence-electron chi connectivity index (χ4n) is 3.89. The minimum Gasteiger partial charge on any atom is -0.744 e. The Morgan fingerprint density at radius 2 is 1.35 bits per heavy atom. The average molecular weight is 780 g/mol. The number of benzene rings is 2. The Kier molecular flexibility index (Phi) is 20.0. The molecule has 2 aromatic heterocycles. The standard InChI is InChI=1S/C27H33N11O10S.2K/c39-6-4-28-23-35-26(38-27(43)37-23)32-19-13-18(14-20(15-19)49(44,45)46)31-25-34-22(29-5-8-47-10-11-48-9-7-40)33-24(36-25)30-17-3-1-2-16(12-17)21(41)42;;/h1-3,12-15,39-40H,4-11H2,(H,41,42)(H,44,45,46)(H3,28,32,35,37,38,43)(H3,29,30,31,33,34,36);;/q;2*+1/p-2. The van der Waals surface area contributed by atoms with E-state index in [2.05, 4.69) is 56.5 Å². The molecule has 21 nitrogen and oxygen atoms in total. The molecule has 0 saturated heterocycles. The molecule has 0 saturated carbocycles. The molecule has 0 bridgehead atoms. The van der Waals surface area contributed by atoms with E-state index in [0.29, 0.717) is 5.69 Å². The molecule has 0 atom stereocenters. The Morgan fingerprint density at radius 1 is 0.745 bits per heavy atom. The van der Waals surface area contributed by atoms with Gasteiger partial charge in [-0.2, -0.15) is 24.9 Å². The number of carboxylic acid groups (broad SMARTS) is 1. The van der Waals surface area contributed by atoms with Gasteiger partial charge in [0.15, 0.2) is 0 Å². The first kappa shape index (κ1) is 44.9. The number of anilines is 8. The first-order chi connectivity index (χ1) is 23.5. The quantitative estimate of drug-likeness (QED) is 0.0235. The molecule has 2 aromatic carbocycles. The van der Waals surface area contributed by atoms with Gasteiger partial charge in [-0.3, -0.25) is 4.98 Å².